The predicted molar refractivity (Wildman–Crippen MR) is 65.1 cm³/mol. The number of nitrogens with two attached hydrogens (primary N) is 1. The summed E-state index contributed by atoms with van der Waals surface area (Å²) >= 11 is 8.64. The summed E-state index contributed by atoms with van der Waals surface area (Å²) in [5.41, 5.74) is 5.49. The first-order valence-corrected chi connectivity index (χ1v) is 6.41. The van der Waals surface area contributed by atoms with Gasteiger partial charge in [0.15, 0.2) is 0 Å². The summed E-state index contributed by atoms with van der Waals surface area (Å²) in [7, 11) is 0. The fraction of sp³-hybridized carbons (Fsp3) is 0.500. The van der Waals surface area contributed by atoms with E-state index >= 15 is 0 Å². The van der Waals surface area contributed by atoms with Gasteiger partial charge in [-0.1, -0.05) is 0 Å². The topological polar surface area (TPSA) is 38.0 Å². The molecule has 0 fully saturated rings. The lowest BCUT2D eigenvalue weighted by Crippen LogP contribution is -2.32. The lowest BCUT2D eigenvalue weighted by molar-refractivity contribution is 0.560. The van der Waals surface area contributed by atoms with Gasteiger partial charge in [0.1, 0.15) is 0 Å². The van der Waals surface area contributed by atoms with Gasteiger partial charge in [-0.3, -0.25) is 0 Å². The molecular formula is C8H12Br2N2S. The highest BCUT2D eigenvalue weighted by atomic mass is 79.9. The second kappa shape index (κ2) is 5.46. The van der Waals surface area contributed by atoms with Crippen LogP contribution in [0.1, 0.15) is 11.8 Å². The molecule has 1 rings (SSSR count). The molecule has 0 bridgehead atoms. The summed E-state index contributed by atoms with van der Waals surface area (Å²) < 4.78 is 2.26. The van der Waals surface area contributed by atoms with Crippen LogP contribution in [-0.4, -0.2) is 12.6 Å². The molecule has 74 valence electrons. The van der Waals surface area contributed by atoms with E-state index in [1.807, 2.05) is 0 Å². The van der Waals surface area contributed by atoms with Crippen LogP contribution in [0.25, 0.3) is 0 Å². The molecular weight excluding hydrogens is 316 g/mol. The zero-order valence-corrected chi connectivity index (χ0v) is 11.3. The van der Waals surface area contributed by atoms with Crippen LogP contribution in [0.3, 0.4) is 0 Å². The minimum Gasteiger partial charge on any atom is -0.329 e. The molecule has 0 aliphatic rings. The standard InChI is InChI=1S/C8H12Br2N2S/c1-5(3-11)12-4-6-2-7(9)8(10)13-6/h2,5,12H,3-4,11H2,1H3. The highest BCUT2D eigenvalue weighted by molar-refractivity contribution is 9.13. The number of hydrogen-bond donors (Lipinski definition) is 2. The highest BCUT2D eigenvalue weighted by Crippen LogP contribution is 2.32. The molecule has 1 aromatic rings. The van der Waals surface area contributed by atoms with E-state index in [1.165, 1.54) is 4.88 Å². The van der Waals surface area contributed by atoms with E-state index < -0.39 is 0 Å². The average molecular weight is 328 g/mol. The van der Waals surface area contributed by atoms with E-state index in [-0.39, 0.29) is 0 Å². The Morgan fingerprint density at radius 1 is 1.62 bits per heavy atom. The Morgan fingerprint density at radius 2 is 2.31 bits per heavy atom. The van der Waals surface area contributed by atoms with Gasteiger partial charge in [0.2, 0.25) is 0 Å². The maximum Gasteiger partial charge on any atom is 0.0843 e. The van der Waals surface area contributed by atoms with E-state index in [1.54, 1.807) is 11.3 Å². The Bertz CT molecular complexity index is 256. The molecule has 0 aromatic carbocycles. The van der Waals surface area contributed by atoms with Gasteiger partial charge in [-0.15, -0.1) is 11.3 Å². The van der Waals surface area contributed by atoms with Gasteiger partial charge in [-0.2, -0.15) is 0 Å². The smallest absolute Gasteiger partial charge is 0.0843 e. The molecule has 13 heavy (non-hydrogen) atoms. The van der Waals surface area contributed by atoms with Crippen molar-refractivity contribution in [1.29, 1.82) is 0 Å². The largest absolute Gasteiger partial charge is 0.329 e. The average Bonchev–Trinajstić information content (AvgIpc) is 2.42. The second-order valence-electron chi connectivity index (χ2n) is 2.85. The fourth-order valence-electron chi connectivity index (χ4n) is 0.837. The Hall–Kier alpha value is 0.580. The molecule has 0 aliphatic carbocycles. The van der Waals surface area contributed by atoms with Crippen molar-refractivity contribution < 1.29 is 0 Å². The van der Waals surface area contributed by atoms with Crippen molar-refractivity contribution in [3.05, 3.63) is 19.2 Å². The summed E-state index contributed by atoms with van der Waals surface area (Å²) in [4.78, 5) is 1.30. The Balaban J connectivity index is 2.45. The van der Waals surface area contributed by atoms with Crippen molar-refractivity contribution in [2.24, 2.45) is 5.73 Å². The first kappa shape index (κ1) is 11.7. The van der Waals surface area contributed by atoms with Crippen LogP contribution >= 0.6 is 43.2 Å². The van der Waals surface area contributed by atoms with E-state index in [9.17, 15) is 0 Å². The monoisotopic (exact) mass is 326 g/mol. The molecule has 0 amide bonds. The number of thiophene rings is 1. The van der Waals surface area contributed by atoms with Crippen molar-refractivity contribution in [1.82, 2.24) is 5.32 Å². The number of hydrogen-bond acceptors (Lipinski definition) is 3. The summed E-state index contributed by atoms with van der Waals surface area (Å²) in [6.07, 6.45) is 0. The zero-order chi connectivity index (χ0) is 9.84. The molecule has 0 saturated carbocycles. The fourth-order valence-corrected chi connectivity index (χ4v) is 2.96. The van der Waals surface area contributed by atoms with Gasteiger partial charge >= 0.3 is 0 Å². The minimum atomic E-state index is 0.375. The third-order valence-electron chi connectivity index (χ3n) is 1.67. The number of nitrogens with one attached hydrogen (secondary N) is 1. The molecule has 1 aromatic heterocycles. The predicted octanol–water partition coefficient (Wildman–Crippen LogP) is 2.71. The third-order valence-corrected chi connectivity index (χ3v) is 4.93. The Morgan fingerprint density at radius 3 is 2.77 bits per heavy atom. The SMILES string of the molecule is CC(CN)NCc1cc(Br)c(Br)s1. The van der Waals surface area contributed by atoms with E-state index in [0.717, 1.165) is 14.8 Å². The molecule has 0 radical (unpaired) electrons. The highest BCUT2D eigenvalue weighted by Gasteiger charge is 2.04. The van der Waals surface area contributed by atoms with Crippen LogP contribution in [0.15, 0.2) is 14.3 Å². The molecule has 0 spiro atoms. The second-order valence-corrected chi connectivity index (χ2v) is 6.16. The van der Waals surface area contributed by atoms with Gasteiger partial charge in [-0.05, 0) is 44.8 Å². The van der Waals surface area contributed by atoms with Gasteiger partial charge in [0.25, 0.3) is 0 Å². The van der Waals surface area contributed by atoms with Crippen molar-refractivity contribution in [3.63, 3.8) is 0 Å². The van der Waals surface area contributed by atoms with Gasteiger partial charge < -0.3 is 11.1 Å². The van der Waals surface area contributed by atoms with Crippen molar-refractivity contribution in [2.45, 2.75) is 19.5 Å². The van der Waals surface area contributed by atoms with Crippen LogP contribution < -0.4 is 11.1 Å². The van der Waals surface area contributed by atoms with Crippen LogP contribution in [0.4, 0.5) is 0 Å². The molecule has 5 heteroatoms. The molecule has 1 heterocycles. The summed E-state index contributed by atoms with van der Waals surface area (Å²) in [5, 5.41) is 3.33. The maximum absolute atomic E-state index is 5.49. The van der Waals surface area contributed by atoms with Crippen molar-refractivity contribution >= 4 is 43.2 Å². The zero-order valence-electron chi connectivity index (χ0n) is 7.31. The van der Waals surface area contributed by atoms with E-state index in [4.69, 9.17) is 5.73 Å². The molecule has 1 atom stereocenters. The Kier molecular flexibility index (Phi) is 4.89. The quantitative estimate of drug-likeness (QED) is 0.892. The lowest BCUT2D eigenvalue weighted by Gasteiger charge is -2.08. The van der Waals surface area contributed by atoms with E-state index in [2.05, 4.69) is 50.2 Å². The van der Waals surface area contributed by atoms with E-state index in [0.29, 0.717) is 12.6 Å². The van der Waals surface area contributed by atoms with Crippen molar-refractivity contribution in [2.75, 3.05) is 6.54 Å². The van der Waals surface area contributed by atoms with Crippen molar-refractivity contribution in [3.8, 4) is 0 Å². The van der Waals surface area contributed by atoms with Crippen LogP contribution in [0, 0.1) is 0 Å². The molecule has 3 N–H and O–H groups in total. The lowest BCUT2D eigenvalue weighted by atomic mass is 10.3. The first-order chi connectivity index (χ1) is 6.13. The molecule has 1 unspecified atom stereocenters. The summed E-state index contributed by atoms with van der Waals surface area (Å²) in [5.74, 6) is 0. The first-order valence-electron chi connectivity index (χ1n) is 4.00. The molecule has 0 aliphatic heterocycles. The number of halogens is 2. The van der Waals surface area contributed by atoms with Gasteiger partial charge in [-0.25, -0.2) is 0 Å². The van der Waals surface area contributed by atoms with Crippen LogP contribution in [0.2, 0.25) is 0 Å². The third kappa shape index (κ3) is 3.67. The summed E-state index contributed by atoms with van der Waals surface area (Å²) in [6, 6.07) is 2.49. The van der Waals surface area contributed by atoms with Gasteiger partial charge in [0, 0.05) is 28.5 Å². The van der Waals surface area contributed by atoms with Crippen LogP contribution in [0.5, 0.6) is 0 Å². The number of rotatable bonds is 4. The normalized spacial score (nSPS) is 13.2. The maximum atomic E-state index is 5.49. The van der Waals surface area contributed by atoms with Crippen LogP contribution in [-0.2, 0) is 6.54 Å². The summed E-state index contributed by atoms with van der Waals surface area (Å²) in [6.45, 7) is 3.64. The molecule has 2 nitrogen and oxygen atoms in total. The van der Waals surface area contributed by atoms with Gasteiger partial charge in [0.05, 0.1) is 3.79 Å². The molecule has 0 saturated heterocycles. The minimum absolute atomic E-state index is 0.375. The Labute approximate surface area is 99.2 Å².